The second kappa shape index (κ2) is 5.13. The molecule has 78 valence electrons. The summed E-state index contributed by atoms with van der Waals surface area (Å²) in [4.78, 5) is 0. The summed E-state index contributed by atoms with van der Waals surface area (Å²) in [5.41, 5.74) is 9.91. The first kappa shape index (κ1) is 11.2. The zero-order chi connectivity index (χ0) is 10.6. The van der Waals surface area contributed by atoms with E-state index in [0.29, 0.717) is 6.61 Å². The first-order valence-corrected chi connectivity index (χ1v) is 4.97. The molecule has 0 saturated heterocycles. The normalized spacial score (nSPS) is 12.9. The van der Waals surface area contributed by atoms with Crippen LogP contribution < -0.4 is 5.73 Å². The molecule has 0 aliphatic carbocycles. The van der Waals surface area contributed by atoms with Crippen molar-refractivity contribution in [1.82, 2.24) is 0 Å². The van der Waals surface area contributed by atoms with E-state index in [0.717, 1.165) is 6.42 Å². The Morgan fingerprint density at radius 1 is 1.36 bits per heavy atom. The number of hydrogen-bond donors (Lipinski definition) is 1. The molecular weight excluding hydrogens is 174 g/mol. The number of benzene rings is 1. The van der Waals surface area contributed by atoms with E-state index >= 15 is 0 Å². The van der Waals surface area contributed by atoms with Crippen LogP contribution in [0.5, 0.6) is 0 Å². The average molecular weight is 193 g/mol. The molecule has 2 N–H and O–H groups in total. The summed E-state index contributed by atoms with van der Waals surface area (Å²) in [5.74, 6) is 0. The van der Waals surface area contributed by atoms with Crippen LogP contribution in [0, 0.1) is 13.8 Å². The summed E-state index contributed by atoms with van der Waals surface area (Å²) in [6.07, 6.45) is 0.876. The van der Waals surface area contributed by atoms with Gasteiger partial charge in [0.1, 0.15) is 0 Å². The van der Waals surface area contributed by atoms with Crippen LogP contribution in [0.2, 0.25) is 0 Å². The van der Waals surface area contributed by atoms with E-state index in [1.165, 1.54) is 16.7 Å². The molecular formula is C12H19NO. The SMILES string of the molecule is COCCC(N)c1cccc(C)c1C. The summed E-state index contributed by atoms with van der Waals surface area (Å²) < 4.78 is 5.02. The second-order valence-electron chi connectivity index (χ2n) is 3.68. The maximum Gasteiger partial charge on any atom is 0.0480 e. The van der Waals surface area contributed by atoms with Crippen LogP contribution in [0.25, 0.3) is 0 Å². The predicted octanol–water partition coefficient (Wildman–Crippen LogP) is 2.34. The van der Waals surface area contributed by atoms with Crippen molar-refractivity contribution in [1.29, 1.82) is 0 Å². The predicted molar refractivity (Wildman–Crippen MR) is 59.3 cm³/mol. The summed E-state index contributed by atoms with van der Waals surface area (Å²) in [5, 5.41) is 0. The highest BCUT2D eigenvalue weighted by atomic mass is 16.5. The molecule has 0 aliphatic heterocycles. The third-order valence-electron chi connectivity index (χ3n) is 2.68. The van der Waals surface area contributed by atoms with Crippen LogP contribution in [-0.4, -0.2) is 13.7 Å². The van der Waals surface area contributed by atoms with Crippen molar-refractivity contribution in [2.75, 3.05) is 13.7 Å². The lowest BCUT2D eigenvalue weighted by atomic mass is 9.96. The number of nitrogens with two attached hydrogens (primary N) is 1. The molecule has 0 spiro atoms. The zero-order valence-electron chi connectivity index (χ0n) is 9.21. The molecule has 0 radical (unpaired) electrons. The molecule has 0 amide bonds. The summed E-state index contributed by atoms with van der Waals surface area (Å²) in [6, 6.07) is 6.37. The molecule has 1 atom stereocenters. The number of aryl methyl sites for hydroxylation is 1. The topological polar surface area (TPSA) is 35.2 Å². The molecule has 14 heavy (non-hydrogen) atoms. The van der Waals surface area contributed by atoms with Crippen molar-refractivity contribution in [3.05, 3.63) is 34.9 Å². The quantitative estimate of drug-likeness (QED) is 0.796. The van der Waals surface area contributed by atoms with Gasteiger partial charge in [-0.3, -0.25) is 0 Å². The van der Waals surface area contributed by atoms with Crippen LogP contribution in [0.15, 0.2) is 18.2 Å². The molecule has 0 bridgehead atoms. The third kappa shape index (κ3) is 2.56. The number of rotatable bonds is 4. The molecule has 2 nitrogen and oxygen atoms in total. The van der Waals surface area contributed by atoms with Gasteiger partial charge in [-0.25, -0.2) is 0 Å². The van der Waals surface area contributed by atoms with Gasteiger partial charge in [-0.2, -0.15) is 0 Å². The smallest absolute Gasteiger partial charge is 0.0480 e. The van der Waals surface area contributed by atoms with Crippen LogP contribution in [0.4, 0.5) is 0 Å². The van der Waals surface area contributed by atoms with Crippen molar-refractivity contribution in [2.24, 2.45) is 5.73 Å². The molecule has 1 unspecified atom stereocenters. The molecule has 0 heterocycles. The van der Waals surface area contributed by atoms with Gasteiger partial charge in [-0.15, -0.1) is 0 Å². The van der Waals surface area contributed by atoms with Crippen LogP contribution in [0.1, 0.15) is 29.2 Å². The van der Waals surface area contributed by atoms with E-state index < -0.39 is 0 Å². The Balaban J connectivity index is 2.79. The Bertz CT molecular complexity index is 296. The average Bonchev–Trinajstić information content (AvgIpc) is 2.18. The van der Waals surface area contributed by atoms with E-state index in [4.69, 9.17) is 10.5 Å². The monoisotopic (exact) mass is 193 g/mol. The van der Waals surface area contributed by atoms with E-state index in [2.05, 4.69) is 32.0 Å². The summed E-state index contributed by atoms with van der Waals surface area (Å²) in [6.45, 7) is 4.95. The minimum atomic E-state index is 0.0925. The Hall–Kier alpha value is -0.860. The largest absolute Gasteiger partial charge is 0.385 e. The Labute approximate surface area is 86.1 Å². The lowest BCUT2D eigenvalue weighted by Gasteiger charge is -2.15. The Morgan fingerprint density at radius 3 is 2.71 bits per heavy atom. The van der Waals surface area contributed by atoms with Crippen LogP contribution >= 0.6 is 0 Å². The lowest BCUT2D eigenvalue weighted by Crippen LogP contribution is -2.14. The second-order valence-corrected chi connectivity index (χ2v) is 3.68. The van der Waals surface area contributed by atoms with Crippen LogP contribution in [-0.2, 0) is 4.74 Å². The van der Waals surface area contributed by atoms with Crippen molar-refractivity contribution in [3.63, 3.8) is 0 Å². The lowest BCUT2D eigenvalue weighted by molar-refractivity contribution is 0.188. The maximum atomic E-state index is 6.07. The van der Waals surface area contributed by atoms with Gasteiger partial charge in [0, 0.05) is 19.8 Å². The first-order chi connectivity index (χ1) is 6.66. The molecule has 1 aromatic rings. The van der Waals surface area contributed by atoms with E-state index in [9.17, 15) is 0 Å². The number of ether oxygens (including phenoxy) is 1. The highest BCUT2D eigenvalue weighted by Gasteiger charge is 2.09. The van der Waals surface area contributed by atoms with Gasteiger partial charge in [0.2, 0.25) is 0 Å². The van der Waals surface area contributed by atoms with Gasteiger partial charge in [0.25, 0.3) is 0 Å². The van der Waals surface area contributed by atoms with Crippen molar-refractivity contribution in [3.8, 4) is 0 Å². The van der Waals surface area contributed by atoms with E-state index in [1.807, 2.05) is 0 Å². The fourth-order valence-corrected chi connectivity index (χ4v) is 1.58. The van der Waals surface area contributed by atoms with Crippen molar-refractivity contribution < 1.29 is 4.74 Å². The fraction of sp³-hybridized carbons (Fsp3) is 0.500. The van der Waals surface area contributed by atoms with E-state index in [-0.39, 0.29) is 6.04 Å². The molecule has 0 aliphatic rings. The molecule has 0 fully saturated rings. The van der Waals surface area contributed by atoms with Gasteiger partial charge in [0.15, 0.2) is 0 Å². The van der Waals surface area contributed by atoms with Gasteiger partial charge in [-0.05, 0) is 37.0 Å². The first-order valence-electron chi connectivity index (χ1n) is 4.97. The minimum absolute atomic E-state index is 0.0925. The zero-order valence-corrected chi connectivity index (χ0v) is 9.21. The Morgan fingerprint density at radius 2 is 2.07 bits per heavy atom. The third-order valence-corrected chi connectivity index (χ3v) is 2.68. The summed E-state index contributed by atoms with van der Waals surface area (Å²) >= 11 is 0. The highest BCUT2D eigenvalue weighted by Crippen LogP contribution is 2.20. The minimum Gasteiger partial charge on any atom is -0.385 e. The maximum absolute atomic E-state index is 6.07. The number of hydrogen-bond acceptors (Lipinski definition) is 2. The Kier molecular flexibility index (Phi) is 4.11. The summed E-state index contributed by atoms with van der Waals surface area (Å²) in [7, 11) is 1.70. The van der Waals surface area contributed by atoms with Gasteiger partial charge in [0.05, 0.1) is 0 Å². The molecule has 1 rings (SSSR count). The van der Waals surface area contributed by atoms with Gasteiger partial charge in [-0.1, -0.05) is 18.2 Å². The molecule has 1 aromatic carbocycles. The van der Waals surface area contributed by atoms with Crippen molar-refractivity contribution >= 4 is 0 Å². The molecule has 0 saturated carbocycles. The molecule has 0 aromatic heterocycles. The number of methoxy groups -OCH3 is 1. The fourth-order valence-electron chi connectivity index (χ4n) is 1.58. The standard InChI is InChI=1S/C12H19NO/c1-9-5-4-6-11(10(9)2)12(13)7-8-14-3/h4-6,12H,7-8,13H2,1-3H3. The van der Waals surface area contributed by atoms with Gasteiger partial charge >= 0.3 is 0 Å². The van der Waals surface area contributed by atoms with E-state index in [1.54, 1.807) is 7.11 Å². The van der Waals surface area contributed by atoms with Crippen molar-refractivity contribution in [2.45, 2.75) is 26.3 Å². The molecule has 2 heteroatoms. The van der Waals surface area contributed by atoms with Crippen LogP contribution in [0.3, 0.4) is 0 Å². The van der Waals surface area contributed by atoms with Gasteiger partial charge < -0.3 is 10.5 Å². The highest BCUT2D eigenvalue weighted by molar-refractivity contribution is 5.35.